The summed E-state index contributed by atoms with van der Waals surface area (Å²) in [5.74, 6) is 1.82. The number of benzene rings is 3. The Morgan fingerprint density at radius 2 is 1.52 bits per heavy atom. The zero-order chi connectivity index (χ0) is 21.8. The van der Waals surface area contributed by atoms with Gasteiger partial charge in [-0.25, -0.2) is 8.42 Å². The molecule has 0 aliphatic carbocycles. The standard InChI is InChI=1S/C24H25N3O3S/c1-26(2)16-17-27-23-11-7-6-8-19(23)18-24(27)25-31(28,29)22-14-12-21(13-15-22)30-20-9-4-3-5-10-20/h3-15,18,25H,16-17H2,1-2H3. The predicted molar refractivity (Wildman–Crippen MR) is 124 cm³/mol. The van der Waals surface area contributed by atoms with Gasteiger partial charge in [-0.15, -0.1) is 0 Å². The van der Waals surface area contributed by atoms with E-state index in [-0.39, 0.29) is 4.90 Å². The summed E-state index contributed by atoms with van der Waals surface area (Å²) in [6, 6.07) is 25.5. The van der Waals surface area contributed by atoms with Gasteiger partial charge in [0.15, 0.2) is 0 Å². The van der Waals surface area contributed by atoms with Crippen molar-refractivity contribution >= 4 is 26.7 Å². The SMILES string of the molecule is CN(C)CCn1c(NS(=O)(=O)c2ccc(Oc3ccccc3)cc2)cc2ccccc21. The molecule has 0 atom stereocenters. The number of hydrogen-bond donors (Lipinski definition) is 1. The molecule has 0 fully saturated rings. The maximum absolute atomic E-state index is 13.1. The van der Waals surface area contributed by atoms with Crippen LogP contribution in [0, 0.1) is 0 Å². The van der Waals surface area contributed by atoms with Crippen molar-refractivity contribution in [1.29, 1.82) is 0 Å². The lowest BCUT2D eigenvalue weighted by atomic mass is 10.2. The number of hydrogen-bond acceptors (Lipinski definition) is 4. The van der Waals surface area contributed by atoms with Crippen LogP contribution in [0.25, 0.3) is 10.9 Å². The number of nitrogens with zero attached hydrogens (tertiary/aromatic N) is 2. The van der Waals surface area contributed by atoms with Gasteiger partial charge in [0.25, 0.3) is 10.0 Å². The molecule has 1 aromatic heterocycles. The van der Waals surface area contributed by atoms with Crippen LogP contribution >= 0.6 is 0 Å². The fraction of sp³-hybridized carbons (Fsp3) is 0.167. The Morgan fingerprint density at radius 3 is 2.23 bits per heavy atom. The fourth-order valence-electron chi connectivity index (χ4n) is 3.34. The summed E-state index contributed by atoms with van der Waals surface area (Å²) in [5.41, 5.74) is 0.994. The van der Waals surface area contributed by atoms with Gasteiger partial charge >= 0.3 is 0 Å². The van der Waals surface area contributed by atoms with Crippen molar-refractivity contribution in [3.63, 3.8) is 0 Å². The van der Waals surface area contributed by atoms with Crippen molar-refractivity contribution in [3.8, 4) is 11.5 Å². The Kier molecular flexibility index (Phi) is 5.97. The highest BCUT2D eigenvalue weighted by Gasteiger charge is 2.18. The number of likely N-dealkylation sites (N-methyl/N-ethyl adjacent to an activating group) is 1. The lowest BCUT2D eigenvalue weighted by Gasteiger charge is -2.16. The van der Waals surface area contributed by atoms with E-state index in [1.54, 1.807) is 24.3 Å². The van der Waals surface area contributed by atoms with Crippen LogP contribution in [0.3, 0.4) is 0 Å². The van der Waals surface area contributed by atoms with E-state index in [0.717, 1.165) is 17.4 Å². The second-order valence-electron chi connectivity index (χ2n) is 7.54. The van der Waals surface area contributed by atoms with Crippen LogP contribution in [0.2, 0.25) is 0 Å². The van der Waals surface area contributed by atoms with E-state index in [9.17, 15) is 8.42 Å². The molecule has 7 heteroatoms. The van der Waals surface area contributed by atoms with Gasteiger partial charge in [0.1, 0.15) is 17.3 Å². The van der Waals surface area contributed by atoms with Gasteiger partial charge < -0.3 is 14.2 Å². The molecule has 6 nitrogen and oxygen atoms in total. The first-order valence-electron chi connectivity index (χ1n) is 10.0. The monoisotopic (exact) mass is 435 g/mol. The van der Waals surface area contributed by atoms with Gasteiger partial charge in [-0.2, -0.15) is 0 Å². The Balaban J connectivity index is 1.58. The Hall–Kier alpha value is -3.29. The zero-order valence-electron chi connectivity index (χ0n) is 17.5. The number of anilines is 1. The normalized spacial score (nSPS) is 11.7. The first-order chi connectivity index (χ1) is 14.9. The van der Waals surface area contributed by atoms with Crippen molar-refractivity contribution in [3.05, 3.63) is 84.9 Å². The summed E-state index contributed by atoms with van der Waals surface area (Å²) >= 11 is 0. The summed E-state index contributed by atoms with van der Waals surface area (Å²) in [4.78, 5) is 2.25. The van der Waals surface area contributed by atoms with Crippen molar-refractivity contribution in [2.24, 2.45) is 0 Å². The Morgan fingerprint density at radius 1 is 0.871 bits per heavy atom. The molecule has 0 spiro atoms. The molecule has 0 radical (unpaired) electrons. The number of rotatable bonds is 8. The molecule has 31 heavy (non-hydrogen) atoms. The summed E-state index contributed by atoms with van der Waals surface area (Å²) < 4.78 is 36.6. The van der Waals surface area contributed by atoms with E-state index >= 15 is 0 Å². The molecule has 4 rings (SSSR count). The van der Waals surface area contributed by atoms with Gasteiger partial charge in [0, 0.05) is 24.0 Å². The van der Waals surface area contributed by atoms with Crippen molar-refractivity contribution in [2.75, 3.05) is 25.4 Å². The van der Waals surface area contributed by atoms with Crippen molar-refractivity contribution in [2.45, 2.75) is 11.4 Å². The molecule has 0 aliphatic rings. The van der Waals surface area contributed by atoms with Crippen LogP contribution in [0.15, 0.2) is 89.8 Å². The van der Waals surface area contributed by atoms with Crippen LogP contribution in [0.5, 0.6) is 11.5 Å². The fourth-order valence-corrected chi connectivity index (χ4v) is 4.40. The number of nitrogens with one attached hydrogen (secondary N) is 1. The van der Waals surface area contributed by atoms with Gasteiger partial charge in [0.05, 0.1) is 4.90 Å². The van der Waals surface area contributed by atoms with Crippen LogP contribution in [-0.4, -0.2) is 38.5 Å². The van der Waals surface area contributed by atoms with Crippen LogP contribution in [0.4, 0.5) is 5.82 Å². The predicted octanol–water partition coefficient (Wildman–Crippen LogP) is 4.80. The number of aromatic nitrogens is 1. The van der Waals surface area contributed by atoms with Crippen LogP contribution in [-0.2, 0) is 16.6 Å². The van der Waals surface area contributed by atoms with E-state index in [0.29, 0.717) is 23.9 Å². The molecule has 3 aromatic carbocycles. The third-order valence-corrected chi connectivity index (χ3v) is 6.30. The third-order valence-electron chi connectivity index (χ3n) is 4.93. The van der Waals surface area contributed by atoms with Crippen LogP contribution in [0.1, 0.15) is 0 Å². The molecule has 0 bridgehead atoms. The summed E-state index contributed by atoms with van der Waals surface area (Å²) in [5, 5.41) is 0.991. The maximum atomic E-state index is 13.1. The first kappa shape index (κ1) is 21.0. The van der Waals surface area contributed by atoms with Crippen molar-refractivity contribution in [1.82, 2.24) is 9.47 Å². The number of para-hydroxylation sites is 2. The highest BCUT2D eigenvalue weighted by atomic mass is 32.2. The number of sulfonamides is 1. The molecule has 4 aromatic rings. The average Bonchev–Trinajstić information content (AvgIpc) is 3.09. The highest BCUT2D eigenvalue weighted by molar-refractivity contribution is 7.92. The molecule has 1 heterocycles. The minimum atomic E-state index is -3.75. The number of ether oxygens (including phenoxy) is 1. The minimum absolute atomic E-state index is 0.178. The molecular weight excluding hydrogens is 410 g/mol. The molecule has 0 saturated heterocycles. The zero-order valence-corrected chi connectivity index (χ0v) is 18.3. The van der Waals surface area contributed by atoms with Gasteiger partial charge in [0.2, 0.25) is 0 Å². The Bertz CT molecular complexity index is 1260. The topological polar surface area (TPSA) is 63.6 Å². The van der Waals surface area contributed by atoms with E-state index in [4.69, 9.17) is 4.74 Å². The Labute approximate surface area is 182 Å². The molecule has 160 valence electrons. The van der Waals surface area contributed by atoms with E-state index in [1.165, 1.54) is 0 Å². The highest BCUT2D eigenvalue weighted by Crippen LogP contribution is 2.27. The van der Waals surface area contributed by atoms with E-state index in [2.05, 4.69) is 9.62 Å². The van der Waals surface area contributed by atoms with Crippen LogP contribution < -0.4 is 9.46 Å². The second-order valence-corrected chi connectivity index (χ2v) is 9.22. The summed E-state index contributed by atoms with van der Waals surface area (Å²) in [6.07, 6.45) is 0. The maximum Gasteiger partial charge on any atom is 0.263 e. The van der Waals surface area contributed by atoms with Gasteiger partial charge in [-0.3, -0.25) is 4.72 Å². The van der Waals surface area contributed by atoms with Gasteiger partial charge in [-0.1, -0.05) is 36.4 Å². The lowest BCUT2D eigenvalue weighted by Crippen LogP contribution is -2.21. The van der Waals surface area contributed by atoms with E-state index in [1.807, 2.05) is 79.3 Å². The molecule has 0 saturated carbocycles. The minimum Gasteiger partial charge on any atom is -0.457 e. The van der Waals surface area contributed by atoms with Crippen molar-refractivity contribution < 1.29 is 13.2 Å². The molecule has 0 amide bonds. The molecule has 0 aliphatic heterocycles. The molecular formula is C24H25N3O3S. The first-order valence-corrected chi connectivity index (χ1v) is 11.5. The average molecular weight is 436 g/mol. The third kappa shape index (κ3) is 4.90. The van der Waals surface area contributed by atoms with Gasteiger partial charge in [-0.05, 0) is 62.6 Å². The summed E-state index contributed by atoms with van der Waals surface area (Å²) in [6.45, 7) is 1.46. The quantitative estimate of drug-likeness (QED) is 0.432. The summed E-state index contributed by atoms with van der Waals surface area (Å²) in [7, 11) is 0.238. The largest absolute Gasteiger partial charge is 0.457 e. The number of fused-ring (bicyclic) bond motifs is 1. The van der Waals surface area contributed by atoms with E-state index < -0.39 is 10.0 Å². The molecule has 0 unspecified atom stereocenters. The second kappa shape index (κ2) is 8.83. The lowest BCUT2D eigenvalue weighted by molar-refractivity contribution is 0.388. The molecule has 1 N–H and O–H groups in total. The smallest absolute Gasteiger partial charge is 0.263 e.